The van der Waals surface area contributed by atoms with Crippen LogP contribution in [0.5, 0.6) is 0 Å². The van der Waals surface area contributed by atoms with E-state index in [9.17, 15) is 44.1 Å². The van der Waals surface area contributed by atoms with Crippen molar-refractivity contribution >= 4 is 35.6 Å². The van der Waals surface area contributed by atoms with Crippen LogP contribution >= 0.6 is 0 Å². The maximum atomic E-state index is 12.7. The summed E-state index contributed by atoms with van der Waals surface area (Å²) in [6.07, 6.45) is -0.344. The minimum absolute atomic E-state index is 0.0535. The maximum absolute atomic E-state index is 12.7. The number of carboxylic acids is 4. The van der Waals surface area contributed by atoms with Crippen LogP contribution in [-0.4, -0.2) is 160 Å². The normalized spacial score (nSPS) is 18.2. The van der Waals surface area contributed by atoms with E-state index < -0.39 is 35.8 Å². The van der Waals surface area contributed by atoms with Crippen molar-refractivity contribution in [1.82, 2.24) is 24.9 Å². The number of hydrogen-bond acceptors (Lipinski definition) is 10. The third kappa shape index (κ3) is 14.9. The number of amides is 1. The summed E-state index contributed by atoms with van der Waals surface area (Å²) in [5.74, 6) is -5.16. The van der Waals surface area contributed by atoms with Crippen LogP contribution in [0.2, 0.25) is 0 Å². The number of ketones is 1. The Kier molecular flexibility index (Phi) is 14.3. The average Bonchev–Trinajstić information content (AvgIpc) is 2.77. The molecule has 1 atom stereocenters. The molecular formula is C22H37N5O10. The second-order valence-corrected chi connectivity index (χ2v) is 8.95. The minimum Gasteiger partial charge on any atom is -0.481 e. The minimum atomic E-state index is -1.09. The molecule has 15 heteroatoms. The van der Waals surface area contributed by atoms with Gasteiger partial charge in [-0.3, -0.25) is 48.4 Å². The van der Waals surface area contributed by atoms with Crippen molar-refractivity contribution < 1.29 is 49.2 Å². The zero-order valence-electron chi connectivity index (χ0n) is 21.0. The van der Waals surface area contributed by atoms with Crippen molar-refractivity contribution in [2.75, 3.05) is 78.5 Å². The van der Waals surface area contributed by atoms with Gasteiger partial charge in [0.05, 0.1) is 32.2 Å². The highest BCUT2D eigenvalue weighted by Crippen LogP contribution is 2.03. The quantitative estimate of drug-likeness (QED) is 0.165. The van der Waals surface area contributed by atoms with Crippen LogP contribution in [0, 0.1) is 0 Å². The van der Waals surface area contributed by atoms with Crippen LogP contribution in [0.1, 0.15) is 19.8 Å². The van der Waals surface area contributed by atoms with Crippen molar-refractivity contribution in [3.8, 4) is 0 Å². The van der Waals surface area contributed by atoms with E-state index in [0.29, 0.717) is 0 Å². The average molecular weight is 532 g/mol. The summed E-state index contributed by atoms with van der Waals surface area (Å²) in [6, 6.07) is -0.955. The number of carbonyl (C=O) groups excluding carboxylic acids is 2. The summed E-state index contributed by atoms with van der Waals surface area (Å²) in [4.78, 5) is 75.9. The van der Waals surface area contributed by atoms with E-state index >= 15 is 0 Å². The first-order chi connectivity index (χ1) is 17.3. The molecule has 0 aromatic carbocycles. The summed E-state index contributed by atoms with van der Waals surface area (Å²) in [6.45, 7) is 2.25. The van der Waals surface area contributed by atoms with Crippen LogP contribution in [0.3, 0.4) is 0 Å². The van der Waals surface area contributed by atoms with Gasteiger partial charge in [-0.1, -0.05) is 0 Å². The van der Waals surface area contributed by atoms with Crippen molar-refractivity contribution in [3.63, 3.8) is 0 Å². The SMILES string of the molecule is CC(=O)[C@@H](CCC(=O)O)NC(=O)CN1CCN(CC(=O)O)CCN(CC(=O)O)CCN(CC(=O)O)CC1. The molecule has 1 heterocycles. The molecular weight excluding hydrogens is 494 g/mol. The number of Topliss-reactive ketones (excluding diaryl/α,β-unsaturated/α-hetero) is 1. The Balaban J connectivity index is 2.98. The van der Waals surface area contributed by atoms with Crippen LogP contribution in [0.15, 0.2) is 0 Å². The lowest BCUT2D eigenvalue weighted by Crippen LogP contribution is -2.51. The Hall–Kier alpha value is -3.14. The lowest BCUT2D eigenvalue weighted by molar-refractivity contribution is -0.140. The molecule has 37 heavy (non-hydrogen) atoms. The lowest BCUT2D eigenvalue weighted by Gasteiger charge is -2.33. The van der Waals surface area contributed by atoms with E-state index in [-0.39, 0.29) is 97.2 Å². The molecule has 0 saturated carbocycles. The zero-order valence-corrected chi connectivity index (χ0v) is 21.0. The van der Waals surface area contributed by atoms with Crippen LogP contribution in [0.4, 0.5) is 0 Å². The summed E-state index contributed by atoms with van der Waals surface area (Å²) in [5, 5.41) is 39.2. The molecule has 0 bridgehead atoms. The molecule has 0 radical (unpaired) electrons. The van der Waals surface area contributed by atoms with Crippen molar-refractivity contribution in [1.29, 1.82) is 0 Å². The molecule has 0 spiro atoms. The second-order valence-electron chi connectivity index (χ2n) is 8.95. The second kappa shape index (κ2) is 16.6. The summed E-state index contributed by atoms with van der Waals surface area (Å²) in [5.41, 5.74) is 0. The molecule has 0 unspecified atom stereocenters. The molecule has 1 aliphatic rings. The van der Waals surface area contributed by atoms with Gasteiger partial charge in [-0.25, -0.2) is 0 Å². The molecule has 15 nitrogen and oxygen atoms in total. The number of carboxylic acid groups (broad SMARTS) is 4. The fraction of sp³-hybridized carbons (Fsp3) is 0.727. The highest BCUT2D eigenvalue weighted by molar-refractivity contribution is 5.88. The van der Waals surface area contributed by atoms with Crippen molar-refractivity contribution in [3.05, 3.63) is 0 Å². The Morgan fingerprint density at radius 1 is 0.595 bits per heavy atom. The van der Waals surface area contributed by atoms with Gasteiger partial charge in [-0.15, -0.1) is 0 Å². The smallest absolute Gasteiger partial charge is 0.317 e. The molecule has 0 aromatic rings. The molecule has 1 fully saturated rings. The van der Waals surface area contributed by atoms with Crippen LogP contribution < -0.4 is 5.32 Å². The zero-order chi connectivity index (χ0) is 28.0. The molecule has 0 aromatic heterocycles. The fourth-order valence-corrected chi connectivity index (χ4v) is 3.87. The Morgan fingerprint density at radius 2 is 0.919 bits per heavy atom. The number of nitrogens with one attached hydrogen (secondary N) is 1. The predicted octanol–water partition coefficient (Wildman–Crippen LogP) is -2.60. The van der Waals surface area contributed by atoms with Gasteiger partial charge in [0.1, 0.15) is 0 Å². The standard InChI is InChI=1S/C22H37N5O10/c1-16(28)17(2-3-19(30)31)23-18(29)12-24-4-6-25(13-20(32)33)8-10-27(15-22(36)37)11-9-26(7-5-24)14-21(34)35/h17H,2-15H2,1H3,(H,23,29)(H,30,31)(H,32,33)(H,34,35)(H,36,37)/t17-/m1/s1. The Labute approximate surface area is 214 Å². The van der Waals surface area contributed by atoms with Gasteiger partial charge in [0.25, 0.3) is 0 Å². The first kappa shape index (κ1) is 31.9. The maximum Gasteiger partial charge on any atom is 0.317 e. The Morgan fingerprint density at radius 3 is 1.19 bits per heavy atom. The first-order valence-corrected chi connectivity index (χ1v) is 11.9. The monoisotopic (exact) mass is 531 g/mol. The highest BCUT2D eigenvalue weighted by atomic mass is 16.4. The van der Waals surface area contributed by atoms with E-state index in [0.717, 1.165) is 0 Å². The third-order valence-electron chi connectivity index (χ3n) is 5.85. The van der Waals surface area contributed by atoms with Crippen molar-refractivity contribution in [2.45, 2.75) is 25.8 Å². The fourth-order valence-electron chi connectivity index (χ4n) is 3.87. The molecule has 1 saturated heterocycles. The van der Waals surface area contributed by atoms with Gasteiger partial charge in [-0.2, -0.15) is 0 Å². The molecule has 210 valence electrons. The summed E-state index contributed by atoms with van der Waals surface area (Å²) < 4.78 is 0. The molecule has 5 N–H and O–H groups in total. The lowest BCUT2D eigenvalue weighted by atomic mass is 10.1. The molecule has 1 amide bonds. The van der Waals surface area contributed by atoms with Gasteiger partial charge in [0.15, 0.2) is 5.78 Å². The largest absolute Gasteiger partial charge is 0.481 e. The van der Waals surface area contributed by atoms with Gasteiger partial charge < -0.3 is 25.7 Å². The van der Waals surface area contributed by atoms with Crippen LogP contribution in [-0.2, 0) is 28.8 Å². The van der Waals surface area contributed by atoms with Gasteiger partial charge in [0, 0.05) is 58.8 Å². The third-order valence-corrected chi connectivity index (χ3v) is 5.85. The van der Waals surface area contributed by atoms with E-state index in [2.05, 4.69) is 5.32 Å². The highest BCUT2D eigenvalue weighted by Gasteiger charge is 2.23. The molecule has 1 aliphatic heterocycles. The Bertz CT molecular complexity index is 792. The number of aliphatic carboxylic acids is 4. The van der Waals surface area contributed by atoms with Gasteiger partial charge >= 0.3 is 23.9 Å². The van der Waals surface area contributed by atoms with E-state index in [1.54, 1.807) is 19.6 Å². The van der Waals surface area contributed by atoms with Gasteiger partial charge in [-0.05, 0) is 13.3 Å². The van der Waals surface area contributed by atoms with Crippen LogP contribution in [0.25, 0.3) is 0 Å². The summed E-state index contributed by atoms with van der Waals surface area (Å²) in [7, 11) is 0. The van der Waals surface area contributed by atoms with E-state index in [4.69, 9.17) is 5.11 Å². The molecule has 1 rings (SSSR count). The number of carbonyl (C=O) groups is 6. The summed E-state index contributed by atoms with van der Waals surface area (Å²) >= 11 is 0. The van der Waals surface area contributed by atoms with Gasteiger partial charge in [0.2, 0.25) is 5.91 Å². The van der Waals surface area contributed by atoms with Crippen molar-refractivity contribution in [2.24, 2.45) is 0 Å². The number of hydrogen-bond donors (Lipinski definition) is 5. The first-order valence-electron chi connectivity index (χ1n) is 11.9. The molecule has 0 aliphatic carbocycles. The number of rotatable bonds is 13. The van der Waals surface area contributed by atoms with E-state index in [1.165, 1.54) is 6.92 Å². The number of nitrogens with zero attached hydrogens (tertiary/aromatic N) is 4. The topological polar surface area (TPSA) is 208 Å². The van der Waals surface area contributed by atoms with E-state index in [1.807, 2.05) is 0 Å². The predicted molar refractivity (Wildman–Crippen MR) is 128 cm³/mol.